The van der Waals surface area contributed by atoms with Gasteiger partial charge in [-0.15, -0.1) is 11.3 Å². The van der Waals surface area contributed by atoms with Gasteiger partial charge in [0.05, 0.1) is 11.5 Å². The minimum Gasteiger partial charge on any atom is -0.383 e. The van der Waals surface area contributed by atoms with E-state index in [4.69, 9.17) is 4.74 Å². The zero-order chi connectivity index (χ0) is 15.6. The lowest BCUT2D eigenvalue weighted by Crippen LogP contribution is -2.37. The smallest absolute Gasteiger partial charge is 0.244 e. The third kappa shape index (κ3) is 4.04. The SMILES string of the molecule is COCC(C)N(C)S(=O)(=O)c1cc(CNC2CC2)sc1C. The number of rotatable bonds is 8. The van der Waals surface area contributed by atoms with Crippen LogP contribution in [0.25, 0.3) is 0 Å². The molecule has 21 heavy (non-hydrogen) atoms. The Balaban J connectivity index is 2.14. The second-order valence-corrected chi connectivity index (χ2v) is 8.92. The number of aryl methyl sites for hydroxylation is 1. The predicted molar refractivity (Wildman–Crippen MR) is 85.2 cm³/mol. The molecule has 1 aromatic rings. The molecule has 7 heteroatoms. The van der Waals surface area contributed by atoms with Crippen molar-refractivity contribution in [3.63, 3.8) is 0 Å². The average Bonchev–Trinajstić information content (AvgIpc) is 3.18. The van der Waals surface area contributed by atoms with Crippen molar-refractivity contribution < 1.29 is 13.2 Å². The Kier molecular flexibility index (Phi) is 5.43. The van der Waals surface area contributed by atoms with Gasteiger partial charge in [0.1, 0.15) is 0 Å². The Hall–Kier alpha value is -0.470. The van der Waals surface area contributed by atoms with Gasteiger partial charge in [-0.3, -0.25) is 0 Å². The molecule has 0 radical (unpaired) electrons. The van der Waals surface area contributed by atoms with E-state index in [1.54, 1.807) is 31.6 Å². The molecular weight excluding hydrogens is 308 g/mol. The highest BCUT2D eigenvalue weighted by Gasteiger charge is 2.28. The maximum Gasteiger partial charge on any atom is 0.244 e. The van der Waals surface area contributed by atoms with E-state index >= 15 is 0 Å². The second kappa shape index (κ2) is 6.75. The molecule has 1 atom stereocenters. The van der Waals surface area contributed by atoms with Crippen molar-refractivity contribution in [2.24, 2.45) is 0 Å². The molecular formula is C14H24N2O3S2. The molecule has 1 aliphatic carbocycles. The Bertz CT molecular complexity index is 579. The molecule has 0 aliphatic heterocycles. The zero-order valence-corrected chi connectivity index (χ0v) is 14.7. The Labute approximate surface area is 131 Å². The topological polar surface area (TPSA) is 58.6 Å². The van der Waals surface area contributed by atoms with Crippen LogP contribution in [-0.4, -0.2) is 45.6 Å². The molecule has 5 nitrogen and oxygen atoms in total. The minimum absolute atomic E-state index is 0.188. The van der Waals surface area contributed by atoms with Crippen LogP contribution in [0.2, 0.25) is 0 Å². The maximum atomic E-state index is 12.7. The average molecular weight is 332 g/mol. The summed E-state index contributed by atoms with van der Waals surface area (Å²) in [5.41, 5.74) is 0. The van der Waals surface area contributed by atoms with Crippen LogP contribution < -0.4 is 5.32 Å². The molecule has 0 saturated heterocycles. The number of nitrogens with zero attached hydrogens (tertiary/aromatic N) is 1. The number of ether oxygens (including phenoxy) is 1. The standard InChI is InChI=1S/C14H24N2O3S2/c1-10(9-19-4)16(3)21(17,18)14-7-13(20-11(14)2)8-15-12-5-6-12/h7,10,12,15H,5-6,8-9H2,1-4H3. The van der Waals surface area contributed by atoms with Crippen LogP contribution in [0.1, 0.15) is 29.5 Å². The summed E-state index contributed by atoms with van der Waals surface area (Å²) in [6.45, 7) is 4.85. The van der Waals surface area contributed by atoms with Crippen LogP contribution in [0.3, 0.4) is 0 Å². The predicted octanol–water partition coefficient (Wildman–Crippen LogP) is 1.96. The van der Waals surface area contributed by atoms with Crippen LogP contribution in [0, 0.1) is 6.92 Å². The van der Waals surface area contributed by atoms with Crippen molar-refractivity contribution in [1.82, 2.24) is 9.62 Å². The second-order valence-electron chi connectivity index (χ2n) is 5.61. The molecule has 1 N–H and O–H groups in total. The van der Waals surface area contributed by atoms with Gasteiger partial charge in [-0.1, -0.05) is 0 Å². The fraction of sp³-hybridized carbons (Fsp3) is 0.714. The van der Waals surface area contributed by atoms with E-state index in [9.17, 15) is 8.42 Å². The van der Waals surface area contributed by atoms with Gasteiger partial charge in [-0.2, -0.15) is 4.31 Å². The van der Waals surface area contributed by atoms with E-state index in [-0.39, 0.29) is 6.04 Å². The lowest BCUT2D eigenvalue weighted by molar-refractivity contribution is 0.149. The molecule has 1 saturated carbocycles. The quantitative estimate of drug-likeness (QED) is 0.791. The van der Waals surface area contributed by atoms with Crippen molar-refractivity contribution in [3.05, 3.63) is 15.8 Å². The largest absolute Gasteiger partial charge is 0.383 e. The summed E-state index contributed by atoms with van der Waals surface area (Å²) in [5, 5.41) is 3.42. The van der Waals surface area contributed by atoms with Crippen molar-refractivity contribution in [2.45, 2.75) is 50.2 Å². The maximum absolute atomic E-state index is 12.7. The summed E-state index contributed by atoms with van der Waals surface area (Å²) in [7, 11) is -0.270. The zero-order valence-electron chi connectivity index (χ0n) is 13.0. The number of hydrogen-bond acceptors (Lipinski definition) is 5. The highest BCUT2D eigenvalue weighted by Crippen LogP contribution is 2.29. The molecule has 1 heterocycles. The number of likely N-dealkylation sites (N-methyl/N-ethyl adjacent to an activating group) is 1. The van der Waals surface area contributed by atoms with Gasteiger partial charge >= 0.3 is 0 Å². The van der Waals surface area contributed by atoms with Gasteiger partial charge < -0.3 is 10.1 Å². The lowest BCUT2D eigenvalue weighted by atomic mass is 10.4. The van der Waals surface area contributed by atoms with Crippen LogP contribution in [-0.2, 0) is 21.3 Å². The summed E-state index contributed by atoms with van der Waals surface area (Å²) in [4.78, 5) is 2.34. The third-order valence-electron chi connectivity index (χ3n) is 3.75. The molecule has 0 bridgehead atoms. The summed E-state index contributed by atoms with van der Waals surface area (Å²) in [6, 6.07) is 2.24. The summed E-state index contributed by atoms with van der Waals surface area (Å²) in [6.07, 6.45) is 2.46. The van der Waals surface area contributed by atoms with E-state index < -0.39 is 10.0 Å². The fourth-order valence-corrected chi connectivity index (χ4v) is 5.04. The van der Waals surface area contributed by atoms with Gasteiger partial charge in [0, 0.05) is 42.5 Å². The molecule has 1 aromatic heterocycles. The molecule has 1 unspecified atom stereocenters. The summed E-state index contributed by atoms with van der Waals surface area (Å²) < 4.78 is 31.8. The Morgan fingerprint density at radius 3 is 2.76 bits per heavy atom. The first-order valence-electron chi connectivity index (χ1n) is 7.16. The lowest BCUT2D eigenvalue weighted by Gasteiger charge is -2.23. The van der Waals surface area contributed by atoms with Crippen LogP contribution in [0.4, 0.5) is 0 Å². The summed E-state index contributed by atoms with van der Waals surface area (Å²) >= 11 is 1.55. The van der Waals surface area contributed by atoms with E-state index in [1.807, 2.05) is 13.8 Å². The Morgan fingerprint density at radius 2 is 2.19 bits per heavy atom. The van der Waals surface area contributed by atoms with Crippen molar-refractivity contribution >= 4 is 21.4 Å². The molecule has 0 aromatic carbocycles. The first kappa shape index (κ1) is 16.9. The molecule has 0 spiro atoms. The molecule has 1 aliphatic rings. The fourth-order valence-electron chi connectivity index (χ4n) is 2.14. The molecule has 1 fully saturated rings. The van der Waals surface area contributed by atoms with Gasteiger partial charge in [0.15, 0.2) is 0 Å². The third-order valence-corrected chi connectivity index (χ3v) is 7.03. The van der Waals surface area contributed by atoms with Gasteiger partial charge in [-0.05, 0) is 32.8 Å². The van der Waals surface area contributed by atoms with Crippen LogP contribution >= 0.6 is 11.3 Å². The van der Waals surface area contributed by atoms with Crippen molar-refractivity contribution in [2.75, 3.05) is 20.8 Å². The van der Waals surface area contributed by atoms with E-state index in [0.29, 0.717) is 17.5 Å². The minimum atomic E-state index is -3.46. The Morgan fingerprint density at radius 1 is 1.52 bits per heavy atom. The van der Waals surface area contributed by atoms with Gasteiger partial charge in [0.2, 0.25) is 10.0 Å². The van der Waals surface area contributed by atoms with Gasteiger partial charge in [0.25, 0.3) is 0 Å². The van der Waals surface area contributed by atoms with Crippen LogP contribution in [0.15, 0.2) is 11.0 Å². The van der Waals surface area contributed by atoms with E-state index in [0.717, 1.165) is 16.3 Å². The normalized spacial score (nSPS) is 17.4. The monoisotopic (exact) mass is 332 g/mol. The first-order chi connectivity index (χ1) is 9.86. The van der Waals surface area contributed by atoms with E-state index in [1.165, 1.54) is 17.1 Å². The van der Waals surface area contributed by atoms with Gasteiger partial charge in [-0.25, -0.2) is 8.42 Å². The number of hydrogen-bond donors (Lipinski definition) is 1. The number of nitrogens with one attached hydrogen (secondary N) is 1. The molecule has 2 rings (SSSR count). The molecule has 0 amide bonds. The number of methoxy groups -OCH3 is 1. The van der Waals surface area contributed by atoms with Crippen molar-refractivity contribution in [3.8, 4) is 0 Å². The first-order valence-corrected chi connectivity index (χ1v) is 9.41. The highest BCUT2D eigenvalue weighted by atomic mass is 32.2. The number of sulfonamides is 1. The van der Waals surface area contributed by atoms with Crippen molar-refractivity contribution in [1.29, 1.82) is 0 Å². The molecule has 120 valence electrons. The van der Waals surface area contributed by atoms with Crippen LogP contribution in [0.5, 0.6) is 0 Å². The highest BCUT2D eigenvalue weighted by molar-refractivity contribution is 7.89. The number of thiophene rings is 1. The van der Waals surface area contributed by atoms with E-state index in [2.05, 4.69) is 5.32 Å². The summed E-state index contributed by atoms with van der Waals surface area (Å²) in [5.74, 6) is 0.